The zero-order valence-corrected chi connectivity index (χ0v) is 12.7. The van der Waals surface area contributed by atoms with Crippen molar-refractivity contribution in [1.29, 1.82) is 0 Å². The topological polar surface area (TPSA) is 39.1 Å². The van der Waals surface area contributed by atoms with E-state index in [0.717, 1.165) is 30.1 Å². The van der Waals surface area contributed by atoms with E-state index in [1.54, 1.807) is 7.11 Å². The summed E-state index contributed by atoms with van der Waals surface area (Å²) in [6, 6.07) is 8.71. The molecular formula is C16H23N3O. The van der Waals surface area contributed by atoms with Crippen LogP contribution in [0.3, 0.4) is 0 Å². The van der Waals surface area contributed by atoms with Crippen LogP contribution in [0.5, 0.6) is 5.75 Å². The third-order valence-electron chi connectivity index (χ3n) is 3.56. The Bertz CT molecular complexity index is 563. The highest BCUT2D eigenvalue weighted by atomic mass is 16.5. The predicted octanol–water partition coefficient (Wildman–Crippen LogP) is 2.92. The molecule has 1 aromatic heterocycles. The van der Waals surface area contributed by atoms with E-state index in [0.29, 0.717) is 6.04 Å². The van der Waals surface area contributed by atoms with Crippen molar-refractivity contribution in [2.24, 2.45) is 0 Å². The number of hydrogen-bond acceptors (Lipinski definition) is 3. The summed E-state index contributed by atoms with van der Waals surface area (Å²) >= 11 is 0. The normalized spacial score (nSPS) is 12.4. The van der Waals surface area contributed by atoms with Gasteiger partial charge in [-0.05, 0) is 44.2 Å². The largest absolute Gasteiger partial charge is 0.496 e. The minimum absolute atomic E-state index is 0.336. The first-order valence-corrected chi connectivity index (χ1v) is 7.04. The Morgan fingerprint density at radius 2 is 2.15 bits per heavy atom. The van der Waals surface area contributed by atoms with Gasteiger partial charge in [-0.2, -0.15) is 5.10 Å². The molecule has 0 radical (unpaired) electrons. The molecule has 4 nitrogen and oxygen atoms in total. The maximum Gasteiger partial charge on any atom is 0.123 e. The Hall–Kier alpha value is -1.81. The summed E-state index contributed by atoms with van der Waals surface area (Å²) in [6.07, 6.45) is 1.83. The van der Waals surface area contributed by atoms with Crippen molar-refractivity contribution in [2.45, 2.75) is 33.4 Å². The summed E-state index contributed by atoms with van der Waals surface area (Å²) in [7, 11) is 1.71. The first-order chi connectivity index (χ1) is 9.65. The average Bonchev–Trinajstić information content (AvgIpc) is 2.84. The van der Waals surface area contributed by atoms with Crippen molar-refractivity contribution in [3.63, 3.8) is 0 Å². The van der Waals surface area contributed by atoms with Crippen molar-refractivity contribution in [3.05, 3.63) is 47.3 Å². The molecule has 0 aliphatic carbocycles. The molecule has 4 heteroatoms. The number of methoxy groups -OCH3 is 1. The molecule has 108 valence electrons. The number of benzene rings is 1. The lowest BCUT2D eigenvalue weighted by Crippen LogP contribution is -2.18. The average molecular weight is 273 g/mol. The molecule has 0 fully saturated rings. The molecule has 0 amide bonds. The Balaban J connectivity index is 2.29. The van der Waals surface area contributed by atoms with E-state index in [1.165, 1.54) is 5.56 Å². The van der Waals surface area contributed by atoms with Crippen molar-refractivity contribution in [2.75, 3.05) is 13.7 Å². The van der Waals surface area contributed by atoms with Gasteiger partial charge < -0.3 is 10.1 Å². The van der Waals surface area contributed by atoms with Crippen LogP contribution in [-0.4, -0.2) is 23.4 Å². The molecule has 2 rings (SSSR count). The van der Waals surface area contributed by atoms with Gasteiger partial charge in [0.25, 0.3) is 0 Å². The number of hydrogen-bond donors (Lipinski definition) is 1. The molecule has 1 aromatic carbocycles. The van der Waals surface area contributed by atoms with Crippen molar-refractivity contribution in [3.8, 4) is 5.75 Å². The van der Waals surface area contributed by atoms with Crippen molar-refractivity contribution in [1.82, 2.24) is 15.1 Å². The molecule has 0 spiro atoms. The van der Waals surface area contributed by atoms with Crippen LogP contribution in [0.1, 0.15) is 36.7 Å². The van der Waals surface area contributed by atoms with Gasteiger partial charge in [0.05, 0.1) is 13.7 Å². The minimum Gasteiger partial charge on any atom is -0.496 e. The smallest absolute Gasteiger partial charge is 0.123 e. The maximum atomic E-state index is 5.47. The summed E-state index contributed by atoms with van der Waals surface area (Å²) in [5, 5.41) is 7.78. The fourth-order valence-corrected chi connectivity index (χ4v) is 2.34. The lowest BCUT2D eigenvalue weighted by molar-refractivity contribution is 0.406. The van der Waals surface area contributed by atoms with Gasteiger partial charge in [0.2, 0.25) is 0 Å². The van der Waals surface area contributed by atoms with E-state index < -0.39 is 0 Å². The fraction of sp³-hybridized carbons (Fsp3) is 0.438. The second-order valence-corrected chi connectivity index (χ2v) is 4.98. The second-order valence-electron chi connectivity index (χ2n) is 4.98. The molecule has 1 unspecified atom stereocenters. The quantitative estimate of drug-likeness (QED) is 0.879. The van der Waals surface area contributed by atoms with Crippen LogP contribution < -0.4 is 10.1 Å². The van der Waals surface area contributed by atoms with Crippen LogP contribution >= 0.6 is 0 Å². The lowest BCUT2D eigenvalue weighted by Gasteiger charge is -2.16. The maximum absolute atomic E-state index is 5.47. The molecule has 0 saturated carbocycles. The molecule has 0 aliphatic rings. The van der Waals surface area contributed by atoms with Gasteiger partial charge in [-0.1, -0.05) is 13.0 Å². The number of aryl methyl sites for hydroxylation is 1. The highest BCUT2D eigenvalue weighted by Crippen LogP contribution is 2.24. The highest BCUT2D eigenvalue weighted by Gasteiger charge is 2.10. The van der Waals surface area contributed by atoms with E-state index in [4.69, 9.17) is 4.74 Å². The second kappa shape index (κ2) is 6.57. The van der Waals surface area contributed by atoms with Crippen LogP contribution in [-0.2, 0) is 6.54 Å². The van der Waals surface area contributed by atoms with Crippen molar-refractivity contribution < 1.29 is 4.74 Å². The van der Waals surface area contributed by atoms with Gasteiger partial charge in [0, 0.05) is 23.5 Å². The van der Waals surface area contributed by atoms with Crippen LogP contribution in [0, 0.1) is 6.92 Å². The number of aromatic nitrogens is 2. The first-order valence-electron chi connectivity index (χ1n) is 7.04. The summed E-state index contributed by atoms with van der Waals surface area (Å²) in [5.41, 5.74) is 3.58. The number of rotatable bonds is 6. The summed E-state index contributed by atoms with van der Waals surface area (Å²) in [6.45, 7) is 8.04. The van der Waals surface area contributed by atoms with Crippen LogP contribution in [0.4, 0.5) is 0 Å². The molecule has 2 aromatic rings. The monoisotopic (exact) mass is 273 g/mol. The van der Waals surface area contributed by atoms with E-state index in [-0.39, 0.29) is 0 Å². The molecule has 0 saturated heterocycles. The molecule has 20 heavy (non-hydrogen) atoms. The summed E-state index contributed by atoms with van der Waals surface area (Å²) in [5.74, 6) is 0.910. The lowest BCUT2D eigenvalue weighted by atomic mass is 10.0. The summed E-state index contributed by atoms with van der Waals surface area (Å²) in [4.78, 5) is 0. The van der Waals surface area contributed by atoms with Gasteiger partial charge in [-0.25, -0.2) is 0 Å². The first kappa shape index (κ1) is 14.6. The van der Waals surface area contributed by atoms with Crippen molar-refractivity contribution >= 4 is 0 Å². The van der Waals surface area contributed by atoms with E-state index in [1.807, 2.05) is 23.0 Å². The Kier molecular flexibility index (Phi) is 4.79. The Morgan fingerprint density at radius 1 is 1.35 bits per heavy atom. The Morgan fingerprint density at radius 3 is 2.75 bits per heavy atom. The van der Waals surface area contributed by atoms with E-state index in [2.05, 4.69) is 43.3 Å². The third kappa shape index (κ3) is 3.20. The molecule has 0 bridgehead atoms. The third-order valence-corrected chi connectivity index (χ3v) is 3.56. The highest BCUT2D eigenvalue weighted by molar-refractivity contribution is 5.38. The minimum atomic E-state index is 0.336. The van der Waals surface area contributed by atoms with E-state index in [9.17, 15) is 0 Å². The van der Waals surface area contributed by atoms with E-state index >= 15 is 0 Å². The Labute approximate surface area is 120 Å². The number of ether oxygens (including phenoxy) is 1. The van der Waals surface area contributed by atoms with Gasteiger partial charge in [0.1, 0.15) is 5.75 Å². The zero-order chi connectivity index (χ0) is 14.5. The molecule has 0 aliphatic heterocycles. The van der Waals surface area contributed by atoms with Gasteiger partial charge in [-0.3, -0.25) is 4.68 Å². The van der Waals surface area contributed by atoms with Crippen LogP contribution in [0.2, 0.25) is 0 Å². The molecule has 1 heterocycles. The molecule has 1 N–H and O–H groups in total. The fourth-order valence-electron chi connectivity index (χ4n) is 2.34. The summed E-state index contributed by atoms with van der Waals surface area (Å²) < 4.78 is 7.45. The van der Waals surface area contributed by atoms with Gasteiger partial charge in [-0.15, -0.1) is 0 Å². The zero-order valence-electron chi connectivity index (χ0n) is 12.7. The number of nitrogens with zero attached hydrogens (tertiary/aromatic N) is 2. The van der Waals surface area contributed by atoms with Crippen LogP contribution in [0.25, 0.3) is 0 Å². The van der Waals surface area contributed by atoms with Crippen LogP contribution in [0.15, 0.2) is 30.5 Å². The standard InChI is InChI=1S/C16H23N3O/c1-5-17-13(3)14-6-7-16(20-4)15(10-14)11-19-12(2)8-9-18-19/h6-10,13,17H,5,11H2,1-4H3. The SMILES string of the molecule is CCNC(C)c1ccc(OC)c(Cn2nccc2C)c1. The molecular weight excluding hydrogens is 250 g/mol. The molecule has 1 atom stereocenters. The number of nitrogens with one attached hydrogen (secondary N) is 1. The predicted molar refractivity (Wildman–Crippen MR) is 81.2 cm³/mol. The van der Waals surface area contributed by atoms with Gasteiger partial charge in [0.15, 0.2) is 0 Å². The van der Waals surface area contributed by atoms with Gasteiger partial charge >= 0.3 is 0 Å².